The molecule has 0 spiro atoms. The van der Waals surface area contributed by atoms with Crippen molar-refractivity contribution in [2.45, 2.75) is 4.90 Å². The molecule has 2 aromatic carbocycles. The van der Waals surface area contributed by atoms with Gasteiger partial charge in [0.1, 0.15) is 18.1 Å². The lowest BCUT2D eigenvalue weighted by atomic mass is 10.3. The number of anilines is 1. The number of benzene rings is 2. The van der Waals surface area contributed by atoms with Crippen LogP contribution in [-0.2, 0) is 10.0 Å². The van der Waals surface area contributed by atoms with Gasteiger partial charge < -0.3 is 9.47 Å². The van der Waals surface area contributed by atoms with Crippen LogP contribution in [0, 0.1) is 0 Å². The molecule has 0 aliphatic rings. The molecule has 2 aromatic rings. The number of hydrogen-bond donors (Lipinski definition) is 0. The predicted octanol–water partition coefficient (Wildman–Crippen LogP) is 3.09. The van der Waals surface area contributed by atoms with Crippen molar-refractivity contribution in [2.75, 3.05) is 25.1 Å². The number of rotatable bonds is 7. The number of sulfonamides is 1. The molecule has 0 N–H and O–H groups in total. The predicted molar refractivity (Wildman–Crippen MR) is 90.7 cm³/mol. The first-order valence-corrected chi connectivity index (χ1v) is 8.40. The molecule has 0 atom stereocenters. The van der Waals surface area contributed by atoms with Crippen molar-refractivity contribution in [3.63, 3.8) is 0 Å². The smallest absolute Gasteiger partial charge is 0.264 e. The Morgan fingerprint density at radius 2 is 1.61 bits per heavy atom. The first-order chi connectivity index (χ1) is 11.0. The van der Waals surface area contributed by atoms with Gasteiger partial charge in [0.15, 0.2) is 0 Å². The Balaban J connectivity index is 2.22. The van der Waals surface area contributed by atoms with Gasteiger partial charge in [0.25, 0.3) is 10.0 Å². The number of nitrogens with zero attached hydrogens (tertiary/aromatic N) is 1. The van der Waals surface area contributed by atoms with Crippen LogP contribution in [0.15, 0.2) is 66.1 Å². The Morgan fingerprint density at radius 1 is 1.04 bits per heavy atom. The quantitative estimate of drug-likeness (QED) is 0.731. The van der Waals surface area contributed by atoms with Gasteiger partial charge in [-0.05, 0) is 48.5 Å². The largest absolute Gasteiger partial charge is 0.497 e. The second-order valence-electron chi connectivity index (χ2n) is 4.74. The van der Waals surface area contributed by atoms with E-state index >= 15 is 0 Å². The fourth-order valence-electron chi connectivity index (χ4n) is 1.95. The molecule has 0 aliphatic carbocycles. The van der Waals surface area contributed by atoms with E-state index < -0.39 is 10.0 Å². The Bertz CT molecular complexity index is 752. The fraction of sp³-hybridized carbons (Fsp3) is 0.176. The summed E-state index contributed by atoms with van der Waals surface area (Å²) < 4.78 is 36.9. The summed E-state index contributed by atoms with van der Waals surface area (Å²) in [6.45, 7) is 3.98. The van der Waals surface area contributed by atoms with Crippen LogP contribution in [0.1, 0.15) is 0 Å². The zero-order valence-corrected chi connectivity index (χ0v) is 13.9. The lowest BCUT2D eigenvalue weighted by Crippen LogP contribution is -2.26. The van der Waals surface area contributed by atoms with Crippen molar-refractivity contribution < 1.29 is 17.9 Å². The molecule has 5 nitrogen and oxygen atoms in total. The second kappa shape index (κ2) is 7.19. The standard InChI is InChI=1S/C17H19NO4S/c1-4-13-22-16-7-5-14(6-8-16)18(2)23(19,20)17-11-9-15(21-3)10-12-17/h4-12H,1,13H2,2-3H3. The van der Waals surface area contributed by atoms with Crippen LogP contribution < -0.4 is 13.8 Å². The van der Waals surface area contributed by atoms with E-state index in [4.69, 9.17) is 9.47 Å². The lowest BCUT2D eigenvalue weighted by Gasteiger charge is -2.20. The summed E-state index contributed by atoms with van der Waals surface area (Å²) in [5, 5.41) is 0. The molecule has 6 heteroatoms. The van der Waals surface area contributed by atoms with Crippen LogP contribution in [-0.4, -0.2) is 29.2 Å². The average molecular weight is 333 g/mol. The van der Waals surface area contributed by atoms with E-state index in [2.05, 4.69) is 6.58 Å². The van der Waals surface area contributed by atoms with Gasteiger partial charge >= 0.3 is 0 Å². The van der Waals surface area contributed by atoms with Crippen molar-refractivity contribution in [1.82, 2.24) is 0 Å². The van der Waals surface area contributed by atoms with Gasteiger partial charge in [-0.2, -0.15) is 0 Å². The van der Waals surface area contributed by atoms with Gasteiger partial charge in [0.2, 0.25) is 0 Å². The molecule has 0 amide bonds. The average Bonchev–Trinajstić information content (AvgIpc) is 2.59. The number of ether oxygens (including phenoxy) is 2. The molecule has 0 fully saturated rings. The Morgan fingerprint density at radius 3 is 2.13 bits per heavy atom. The molecule has 0 unspecified atom stereocenters. The molecule has 122 valence electrons. The summed E-state index contributed by atoms with van der Waals surface area (Å²) in [5.41, 5.74) is 0.548. The lowest BCUT2D eigenvalue weighted by molar-refractivity contribution is 0.363. The topological polar surface area (TPSA) is 55.8 Å². The third-order valence-corrected chi connectivity index (χ3v) is 5.09. The van der Waals surface area contributed by atoms with Gasteiger partial charge in [0.05, 0.1) is 17.7 Å². The SMILES string of the molecule is C=CCOc1ccc(N(C)S(=O)(=O)c2ccc(OC)cc2)cc1. The number of hydrogen-bond acceptors (Lipinski definition) is 4. The molecule has 0 radical (unpaired) electrons. The summed E-state index contributed by atoms with van der Waals surface area (Å²) in [6.07, 6.45) is 1.65. The molecule has 0 aliphatic heterocycles. The van der Waals surface area contributed by atoms with E-state index in [0.717, 1.165) is 0 Å². The van der Waals surface area contributed by atoms with E-state index in [1.165, 1.54) is 30.6 Å². The van der Waals surface area contributed by atoms with E-state index in [1.54, 1.807) is 42.5 Å². The third-order valence-electron chi connectivity index (χ3n) is 3.29. The minimum Gasteiger partial charge on any atom is -0.497 e. The summed E-state index contributed by atoms with van der Waals surface area (Å²) in [7, 11) is -0.580. The molecule has 0 heterocycles. The zero-order valence-electron chi connectivity index (χ0n) is 13.1. The molecule has 0 aromatic heterocycles. The minimum absolute atomic E-state index is 0.202. The van der Waals surface area contributed by atoms with E-state index in [-0.39, 0.29) is 4.90 Å². The van der Waals surface area contributed by atoms with Crippen molar-refractivity contribution in [3.05, 3.63) is 61.2 Å². The monoisotopic (exact) mass is 333 g/mol. The van der Waals surface area contributed by atoms with Gasteiger partial charge in [-0.15, -0.1) is 0 Å². The molecule has 0 bridgehead atoms. The van der Waals surface area contributed by atoms with Crippen LogP contribution in [0.4, 0.5) is 5.69 Å². The summed E-state index contributed by atoms with van der Waals surface area (Å²) in [5.74, 6) is 1.26. The van der Waals surface area contributed by atoms with Gasteiger partial charge in [-0.3, -0.25) is 4.31 Å². The highest BCUT2D eigenvalue weighted by atomic mass is 32.2. The van der Waals surface area contributed by atoms with Crippen LogP contribution in [0.2, 0.25) is 0 Å². The Kier molecular flexibility index (Phi) is 5.28. The van der Waals surface area contributed by atoms with E-state index in [1.807, 2.05) is 0 Å². The van der Waals surface area contributed by atoms with Crippen LogP contribution in [0.5, 0.6) is 11.5 Å². The van der Waals surface area contributed by atoms with Crippen molar-refractivity contribution in [3.8, 4) is 11.5 Å². The van der Waals surface area contributed by atoms with E-state index in [0.29, 0.717) is 23.8 Å². The maximum absolute atomic E-state index is 12.6. The molecule has 2 rings (SSSR count). The summed E-state index contributed by atoms with van der Waals surface area (Å²) in [6, 6.07) is 13.1. The maximum Gasteiger partial charge on any atom is 0.264 e. The molecular weight excluding hydrogens is 314 g/mol. The number of methoxy groups -OCH3 is 1. The minimum atomic E-state index is -3.63. The first kappa shape index (κ1) is 16.9. The highest BCUT2D eigenvalue weighted by Crippen LogP contribution is 2.25. The highest BCUT2D eigenvalue weighted by Gasteiger charge is 2.21. The fourth-order valence-corrected chi connectivity index (χ4v) is 3.15. The highest BCUT2D eigenvalue weighted by molar-refractivity contribution is 7.92. The second-order valence-corrected chi connectivity index (χ2v) is 6.71. The van der Waals surface area contributed by atoms with Crippen LogP contribution in [0.25, 0.3) is 0 Å². The maximum atomic E-state index is 12.6. The van der Waals surface area contributed by atoms with Crippen molar-refractivity contribution >= 4 is 15.7 Å². The molecule has 23 heavy (non-hydrogen) atoms. The molecule has 0 saturated heterocycles. The molecular formula is C17H19NO4S. The molecule has 0 saturated carbocycles. The van der Waals surface area contributed by atoms with E-state index in [9.17, 15) is 8.42 Å². The van der Waals surface area contributed by atoms with Crippen LogP contribution in [0.3, 0.4) is 0 Å². The normalized spacial score (nSPS) is 10.9. The van der Waals surface area contributed by atoms with Gasteiger partial charge in [-0.25, -0.2) is 8.42 Å². The van der Waals surface area contributed by atoms with Crippen molar-refractivity contribution in [1.29, 1.82) is 0 Å². The van der Waals surface area contributed by atoms with Crippen molar-refractivity contribution in [2.24, 2.45) is 0 Å². The Hall–Kier alpha value is -2.47. The first-order valence-electron chi connectivity index (χ1n) is 6.96. The Labute approximate surface area is 136 Å². The van der Waals surface area contributed by atoms with Crippen LogP contribution >= 0.6 is 0 Å². The summed E-state index contributed by atoms with van der Waals surface area (Å²) in [4.78, 5) is 0.202. The van der Waals surface area contributed by atoms with Gasteiger partial charge in [-0.1, -0.05) is 12.7 Å². The van der Waals surface area contributed by atoms with Gasteiger partial charge in [0, 0.05) is 7.05 Å². The summed E-state index contributed by atoms with van der Waals surface area (Å²) >= 11 is 0. The zero-order chi connectivity index (χ0) is 16.9. The third kappa shape index (κ3) is 3.84.